The lowest BCUT2D eigenvalue weighted by molar-refractivity contribution is 0.0982. The van der Waals surface area contributed by atoms with Crippen molar-refractivity contribution in [2.45, 2.75) is 32.7 Å². The zero-order valence-corrected chi connectivity index (χ0v) is 13.5. The van der Waals surface area contributed by atoms with Crippen molar-refractivity contribution in [2.24, 2.45) is 0 Å². The van der Waals surface area contributed by atoms with E-state index in [-0.39, 0.29) is 11.8 Å². The number of fused-ring (bicyclic) bond motifs is 1. The van der Waals surface area contributed by atoms with Crippen molar-refractivity contribution in [3.8, 4) is 0 Å². The molecule has 0 amide bonds. The van der Waals surface area contributed by atoms with E-state index >= 15 is 0 Å². The van der Waals surface area contributed by atoms with Crippen LogP contribution in [0, 0.1) is 0 Å². The smallest absolute Gasteiger partial charge is 0.162 e. The van der Waals surface area contributed by atoms with E-state index in [9.17, 15) is 4.79 Å². The van der Waals surface area contributed by atoms with Crippen LogP contribution in [0.15, 0.2) is 48.5 Å². The molecule has 118 valence electrons. The molecule has 0 aliphatic heterocycles. The maximum Gasteiger partial charge on any atom is 0.162 e. The number of hydrogen-bond donors (Lipinski definition) is 2. The molecule has 1 unspecified atom stereocenters. The first kappa shape index (κ1) is 15.3. The van der Waals surface area contributed by atoms with E-state index in [1.807, 2.05) is 49.4 Å². The summed E-state index contributed by atoms with van der Waals surface area (Å²) in [6.07, 6.45) is 1.48. The molecule has 1 atom stereocenters. The first-order chi connectivity index (χ1) is 11.2. The van der Waals surface area contributed by atoms with Crippen LogP contribution < -0.4 is 5.32 Å². The topological polar surface area (TPSA) is 57.8 Å². The number of carbonyl (C=O) groups excluding carboxylic acids is 1. The van der Waals surface area contributed by atoms with Crippen LogP contribution in [0.1, 0.15) is 48.8 Å². The van der Waals surface area contributed by atoms with E-state index in [1.165, 1.54) is 0 Å². The number of nitrogens with one attached hydrogen (secondary N) is 2. The third-order valence-corrected chi connectivity index (χ3v) is 3.99. The van der Waals surface area contributed by atoms with E-state index < -0.39 is 0 Å². The minimum absolute atomic E-state index is 0.0968. The number of aromatic amines is 1. The summed E-state index contributed by atoms with van der Waals surface area (Å²) in [7, 11) is 0. The minimum Gasteiger partial charge on any atom is -0.377 e. The van der Waals surface area contributed by atoms with Gasteiger partial charge in [-0.2, -0.15) is 5.10 Å². The number of anilines is 1. The molecule has 1 aromatic heterocycles. The number of hydrogen-bond acceptors (Lipinski definition) is 3. The Morgan fingerprint density at radius 1 is 1.17 bits per heavy atom. The summed E-state index contributed by atoms with van der Waals surface area (Å²) in [4.78, 5) is 11.9. The summed E-state index contributed by atoms with van der Waals surface area (Å²) in [5, 5.41) is 12.0. The van der Waals surface area contributed by atoms with E-state index in [1.54, 1.807) is 0 Å². The van der Waals surface area contributed by atoms with Gasteiger partial charge >= 0.3 is 0 Å². The zero-order valence-electron chi connectivity index (χ0n) is 13.5. The van der Waals surface area contributed by atoms with Crippen LogP contribution in [0.4, 0.5) is 5.69 Å². The van der Waals surface area contributed by atoms with E-state index in [2.05, 4.69) is 28.5 Å². The van der Waals surface area contributed by atoms with Crippen molar-refractivity contribution in [2.75, 3.05) is 5.32 Å². The summed E-state index contributed by atoms with van der Waals surface area (Å²) < 4.78 is 0. The molecule has 3 aromatic rings. The molecule has 0 fully saturated rings. The molecule has 0 saturated carbocycles. The van der Waals surface area contributed by atoms with Gasteiger partial charge in [-0.1, -0.05) is 25.1 Å². The van der Waals surface area contributed by atoms with Crippen LogP contribution in [0.2, 0.25) is 0 Å². The molecule has 2 N–H and O–H groups in total. The number of nitrogens with zero attached hydrogens (tertiary/aromatic N) is 1. The highest BCUT2D eigenvalue weighted by atomic mass is 16.1. The van der Waals surface area contributed by atoms with Gasteiger partial charge in [-0.25, -0.2) is 0 Å². The number of benzene rings is 2. The van der Waals surface area contributed by atoms with Gasteiger partial charge < -0.3 is 5.32 Å². The Kier molecular flexibility index (Phi) is 4.42. The third-order valence-electron chi connectivity index (χ3n) is 3.99. The van der Waals surface area contributed by atoms with Gasteiger partial charge in [0.2, 0.25) is 0 Å². The molecule has 4 heteroatoms. The maximum absolute atomic E-state index is 11.9. The Hall–Kier alpha value is -2.62. The number of carbonyl (C=O) groups is 1. The molecule has 3 rings (SSSR count). The van der Waals surface area contributed by atoms with Crippen molar-refractivity contribution in [1.29, 1.82) is 0 Å². The number of Topliss-reactive ketones (excluding diaryl/α,β-unsaturated/α-hetero) is 1. The van der Waals surface area contributed by atoms with Crippen molar-refractivity contribution in [3.05, 3.63) is 59.8 Å². The molecule has 0 saturated heterocycles. The molecule has 2 aromatic carbocycles. The van der Waals surface area contributed by atoms with Gasteiger partial charge in [-0.05, 0) is 43.7 Å². The zero-order chi connectivity index (χ0) is 16.2. The van der Waals surface area contributed by atoms with Gasteiger partial charge in [-0.3, -0.25) is 9.89 Å². The lowest BCUT2D eigenvalue weighted by Gasteiger charge is -2.14. The Bertz CT molecular complexity index is 805. The molecule has 23 heavy (non-hydrogen) atoms. The van der Waals surface area contributed by atoms with E-state index in [4.69, 9.17) is 0 Å². The Morgan fingerprint density at radius 2 is 1.91 bits per heavy atom. The van der Waals surface area contributed by atoms with Gasteiger partial charge in [0.25, 0.3) is 0 Å². The monoisotopic (exact) mass is 307 g/mol. The van der Waals surface area contributed by atoms with E-state index in [0.717, 1.165) is 34.3 Å². The Morgan fingerprint density at radius 3 is 2.65 bits per heavy atom. The molecular weight excluding hydrogens is 286 g/mol. The van der Waals surface area contributed by atoms with Gasteiger partial charge in [0.15, 0.2) is 5.78 Å². The second kappa shape index (κ2) is 6.65. The highest BCUT2D eigenvalue weighted by Gasteiger charge is 2.12. The van der Waals surface area contributed by atoms with Crippen molar-refractivity contribution >= 4 is 22.4 Å². The van der Waals surface area contributed by atoms with Crippen molar-refractivity contribution in [1.82, 2.24) is 10.2 Å². The maximum atomic E-state index is 11.9. The molecule has 0 bridgehead atoms. The Balaban J connectivity index is 1.75. The second-order valence-corrected chi connectivity index (χ2v) is 5.77. The standard InChI is InChI=1S/C19H21N3O/c1-3-6-18(23)14-9-11-15(12-10-14)20-13(2)19-16-7-4-5-8-17(16)21-22-19/h4-5,7-13,20H,3,6H2,1-2H3,(H,21,22). The van der Waals surface area contributed by atoms with Crippen LogP contribution in [-0.2, 0) is 0 Å². The largest absolute Gasteiger partial charge is 0.377 e. The first-order valence-corrected chi connectivity index (χ1v) is 8.02. The fraction of sp³-hybridized carbons (Fsp3) is 0.263. The third kappa shape index (κ3) is 3.26. The molecular formula is C19H21N3O. The lowest BCUT2D eigenvalue weighted by atomic mass is 10.1. The SMILES string of the molecule is CCCC(=O)c1ccc(NC(C)c2[nH]nc3ccccc23)cc1. The van der Waals surface area contributed by atoms with Gasteiger partial charge in [0.1, 0.15) is 0 Å². The second-order valence-electron chi connectivity index (χ2n) is 5.77. The summed E-state index contributed by atoms with van der Waals surface area (Å²) in [6.45, 7) is 4.11. The average molecular weight is 307 g/mol. The number of aromatic nitrogens is 2. The van der Waals surface area contributed by atoms with Gasteiger partial charge in [-0.15, -0.1) is 0 Å². The normalized spacial score (nSPS) is 12.3. The predicted octanol–water partition coefficient (Wildman–Crippen LogP) is 4.72. The predicted molar refractivity (Wildman–Crippen MR) is 93.8 cm³/mol. The summed E-state index contributed by atoms with van der Waals surface area (Å²) in [6, 6.07) is 15.8. The quantitative estimate of drug-likeness (QED) is 0.648. The molecule has 0 spiro atoms. The van der Waals surface area contributed by atoms with Crippen molar-refractivity contribution in [3.63, 3.8) is 0 Å². The highest BCUT2D eigenvalue weighted by molar-refractivity contribution is 5.96. The minimum atomic E-state index is 0.0968. The fourth-order valence-electron chi connectivity index (χ4n) is 2.76. The molecule has 0 aliphatic rings. The van der Waals surface area contributed by atoms with E-state index in [0.29, 0.717) is 6.42 Å². The molecule has 4 nitrogen and oxygen atoms in total. The van der Waals surface area contributed by atoms with Crippen LogP contribution >= 0.6 is 0 Å². The van der Waals surface area contributed by atoms with Crippen LogP contribution in [-0.4, -0.2) is 16.0 Å². The molecule has 0 aliphatic carbocycles. The Labute approximate surface area is 135 Å². The first-order valence-electron chi connectivity index (χ1n) is 8.02. The van der Waals surface area contributed by atoms with Crippen LogP contribution in [0.5, 0.6) is 0 Å². The highest BCUT2D eigenvalue weighted by Crippen LogP contribution is 2.24. The summed E-state index contributed by atoms with van der Waals surface area (Å²) >= 11 is 0. The number of H-pyrrole nitrogens is 1. The number of rotatable bonds is 6. The fourth-order valence-corrected chi connectivity index (χ4v) is 2.76. The number of para-hydroxylation sites is 1. The summed E-state index contributed by atoms with van der Waals surface area (Å²) in [5.74, 6) is 0.201. The van der Waals surface area contributed by atoms with Gasteiger partial charge in [0.05, 0.1) is 17.3 Å². The van der Waals surface area contributed by atoms with Crippen molar-refractivity contribution < 1.29 is 4.79 Å². The summed E-state index contributed by atoms with van der Waals surface area (Å²) in [5.41, 5.74) is 3.80. The van der Waals surface area contributed by atoms with Gasteiger partial charge in [0, 0.05) is 23.1 Å². The number of ketones is 1. The molecule has 0 radical (unpaired) electrons. The average Bonchev–Trinajstić information content (AvgIpc) is 3.00. The molecule has 1 heterocycles. The lowest BCUT2D eigenvalue weighted by Crippen LogP contribution is -2.08. The van der Waals surface area contributed by atoms with Crippen LogP contribution in [0.25, 0.3) is 10.9 Å². The van der Waals surface area contributed by atoms with Crippen LogP contribution in [0.3, 0.4) is 0 Å².